The van der Waals surface area contributed by atoms with Crippen molar-refractivity contribution >= 4 is 35.0 Å². The van der Waals surface area contributed by atoms with Gasteiger partial charge in [-0.15, -0.1) is 0 Å². The Kier molecular flexibility index (Phi) is 7.32. The molecule has 7 nitrogen and oxygen atoms in total. The summed E-state index contributed by atoms with van der Waals surface area (Å²) in [6.07, 6.45) is 1.17. The Morgan fingerprint density at radius 3 is 2.56 bits per heavy atom. The van der Waals surface area contributed by atoms with E-state index in [2.05, 4.69) is 10.4 Å². The maximum absolute atomic E-state index is 12.9. The van der Waals surface area contributed by atoms with Crippen molar-refractivity contribution in [1.29, 1.82) is 0 Å². The van der Waals surface area contributed by atoms with Crippen LogP contribution in [0.3, 0.4) is 0 Å². The zero-order valence-corrected chi connectivity index (χ0v) is 15.9. The summed E-state index contributed by atoms with van der Waals surface area (Å²) in [5.74, 6) is -1.22. The van der Waals surface area contributed by atoms with Crippen molar-refractivity contribution in [2.24, 2.45) is 0 Å². The standard InChI is InChI=1S/C17H17Cl2FN4O3/c1-2-23(9-14(25)21-7-11-3-5-12(20)6-4-11)15(26)10-24-17(27)16(19)13(18)8-22-24/h3-6,8H,2,7,9-10H2,1H3,(H,21,25). The highest BCUT2D eigenvalue weighted by atomic mass is 35.5. The Morgan fingerprint density at radius 1 is 1.26 bits per heavy atom. The lowest BCUT2D eigenvalue weighted by atomic mass is 10.2. The van der Waals surface area contributed by atoms with Gasteiger partial charge >= 0.3 is 0 Å². The van der Waals surface area contributed by atoms with Crippen LogP contribution in [0.25, 0.3) is 0 Å². The number of carbonyl (C=O) groups is 2. The highest BCUT2D eigenvalue weighted by Gasteiger charge is 2.18. The number of likely N-dealkylation sites (N-methyl/N-ethyl adjacent to an activating group) is 1. The number of halogens is 3. The van der Waals surface area contributed by atoms with Gasteiger partial charge in [-0.3, -0.25) is 14.4 Å². The molecule has 1 heterocycles. The molecule has 0 aliphatic heterocycles. The van der Waals surface area contributed by atoms with Crippen LogP contribution in [0.5, 0.6) is 0 Å². The number of nitrogens with one attached hydrogen (secondary N) is 1. The molecule has 0 atom stereocenters. The second kappa shape index (κ2) is 9.48. The predicted molar refractivity (Wildman–Crippen MR) is 99.0 cm³/mol. The van der Waals surface area contributed by atoms with Crippen molar-refractivity contribution in [1.82, 2.24) is 20.0 Å². The summed E-state index contributed by atoms with van der Waals surface area (Å²) in [6, 6.07) is 5.71. The number of amides is 2. The van der Waals surface area contributed by atoms with Crippen LogP contribution >= 0.6 is 23.2 Å². The highest BCUT2D eigenvalue weighted by molar-refractivity contribution is 6.41. The second-order valence-electron chi connectivity index (χ2n) is 5.58. The summed E-state index contributed by atoms with van der Waals surface area (Å²) in [5, 5.41) is 6.19. The summed E-state index contributed by atoms with van der Waals surface area (Å²) in [5.41, 5.74) is 0.0417. The quantitative estimate of drug-likeness (QED) is 0.748. The number of hydrogen-bond donors (Lipinski definition) is 1. The molecule has 0 radical (unpaired) electrons. The SMILES string of the molecule is CCN(CC(=O)NCc1ccc(F)cc1)C(=O)Cn1ncc(Cl)c(Cl)c1=O. The monoisotopic (exact) mass is 414 g/mol. The van der Waals surface area contributed by atoms with Gasteiger partial charge < -0.3 is 10.2 Å². The van der Waals surface area contributed by atoms with E-state index in [1.165, 1.54) is 23.2 Å². The van der Waals surface area contributed by atoms with Gasteiger partial charge in [0.2, 0.25) is 11.8 Å². The molecule has 0 fully saturated rings. The maximum Gasteiger partial charge on any atom is 0.287 e. The van der Waals surface area contributed by atoms with Crippen LogP contribution in [-0.4, -0.2) is 39.6 Å². The van der Waals surface area contributed by atoms with Gasteiger partial charge in [-0.05, 0) is 24.6 Å². The van der Waals surface area contributed by atoms with Crippen LogP contribution in [0.2, 0.25) is 10.0 Å². The zero-order valence-electron chi connectivity index (χ0n) is 14.4. The van der Waals surface area contributed by atoms with Crippen LogP contribution in [0, 0.1) is 5.82 Å². The van der Waals surface area contributed by atoms with E-state index in [-0.39, 0.29) is 47.9 Å². The van der Waals surface area contributed by atoms with Gasteiger partial charge in [0.1, 0.15) is 17.4 Å². The first-order chi connectivity index (χ1) is 12.8. The number of carbonyl (C=O) groups excluding carboxylic acids is 2. The largest absolute Gasteiger partial charge is 0.350 e. The van der Waals surface area contributed by atoms with Crippen molar-refractivity contribution in [2.45, 2.75) is 20.0 Å². The van der Waals surface area contributed by atoms with Crippen molar-refractivity contribution in [2.75, 3.05) is 13.1 Å². The van der Waals surface area contributed by atoms with E-state index in [0.717, 1.165) is 10.2 Å². The molecule has 0 aliphatic rings. The third-order valence-corrected chi connectivity index (χ3v) is 4.45. The lowest BCUT2D eigenvalue weighted by Crippen LogP contribution is -2.43. The molecule has 0 aliphatic carbocycles. The summed E-state index contributed by atoms with van der Waals surface area (Å²) >= 11 is 11.5. The minimum absolute atomic E-state index is 0.00196. The van der Waals surface area contributed by atoms with Crippen LogP contribution in [0.15, 0.2) is 35.3 Å². The summed E-state index contributed by atoms with van der Waals surface area (Å²) < 4.78 is 13.8. The molecule has 1 N–H and O–H groups in total. The maximum atomic E-state index is 12.9. The molecule has 2 amide bonds. The fourth-order valence-corrected chi connectivity index (χ4v) is 2.47. The smallest absolute Gasteiger partial charge is 0.287 e. The van der Waals surface area contributed by atoms with Crippen LogP contribution in [0.1, 0.15) is 12.5 Å². The molecule has 10 heteroatoms. The van der Waals surface area contributed by atoms with Gasteiger partial charge in [0.25, 0.3) is 5.56 Å². The van der Waals surface area contributed by atoms with Gasteiger partial charge in [0.15, 0.2) is 0 Å². The van der Waals surface area contributed by atoms with Crippen LogP contribution in [-0.2, 0) is 22.7 Å². The molecule has 1 aromatic heterocycles. The molecule has 2 aromatic rings. The third-order valence-electron chi connectivity index (χ3n) is 3.70. The van der Waals surface area contributed by atoms with Gasteiger partial charge in [-0.1, -0.05) is 35.3 Å². The molecular formula is C17H17Cl2FN4O3. The molecular weight excluding hydrogens is 398 g/mol. The van der Waals surface area contributed by atoms with E-state index < -0.39 is 11.5 Å². The minimum atomic E-state index is -0.686. The van der Waals surface area contributed by atoms with E-state index in [0.29, 0.717) is 0 Å². The molecule has 144 valence electrons. The Labute approximate surface area is 164 Å². The Balaban J connectivity index is 1.94. The molecule has 0 unspecified atom stereocenters. The first kappa shape index (κ1) is 20.9. The zero-order chi connectivity index (χ0) is 20.0. The topological polar surface area (TPSA) is 84.3 Å². The normalized spacial score (nSPS) is 10.5. The highest BCUT2D eigenvalue weighted by Crippen LogP contribution is 2.14. The fraction of sp³-hybridized carbons (Fsp3) is 0.294. The molecule has 0 saturated carbocycles. The molecule has 0 saturated heterocycles. The van der Waals surface area contributed by atoms with Gasteiger partial charge in [-0.25, -0.2) is 9.07 Å². The second-order valence-corrected chi connectivity index (χ2v) is 6.37. The first-order valence-electron chi connectivity index (χ1n) is 8.01. The Bertz CT molecular complexity index is 887. The first-order valence-corrected chi connectivity index (χ1v) is 8.77. The Morgan fingerprint density at radius 2 is 1.93 bits per heavy atom. The van der Waals surface area contributed by atoms with E-state index in [1.807, 2.05) is 0 Å². The lowest BCUT2D eigenvalue weighted by Gasteiger charge is -2.20. The van der Waals surface area contributed by atoms with Crippen molar-refractivity contribution in [3.63, 3.8) is 0 Å². The fourth-order valence-electron chi connectivity index (χ4n) is 2.19. The van der Waals surface area contributed by atoms with E-state index >= 15 is 0 Å². The summed E-state index contributed by atoms with van der Waals surface area (Å²) in [6.45, 7) is 1.62. The van der Waals surface area contributed by atoms with Crippen molar-refractivity contribution < 1.29 is 14.0 Å². The van der Waals surface area contributed by atoms with Gasteiger partial charge in [-0.2, -0.15) is 5.10 Å². The van der Waals surface area contributed by atoms with E-state index in [1.54, 1.807) is 19.1 Å². The molecule has 0 spiro atoms. The minimum Gasteiger partial charge on any atom is -0.350 e. The van der Waals surface area contributed by atoms with E-state index in [4.69, 9.17) is 23.2 Å². The number of hydrogen-bond acceptors (Lipinski definition) is 4. The predicted octanol–water partition coefficient (Wildman–Crippen LogP) is 1.85. The molecule has 2 rings (SSSR count). The number of nitrogens with zero attached hydrogens (tertiary/aromatic N) is 3. The summed E-state index contributed by atoms with van der Waals surface area (Å²) in [4.78, 5) is 37.7. The van der Waals surface area contributed by atoms with Gasteiger partial charge in [0, 0.05) is 13.1 Å². The average molecular weight is 415 g/mol. The van der Waals surface area contributed by atoms with Crippen molar-refractivity contribution in [3.8, 4) is 0 Å². The molecule has 27 heavy (non-hydrogen) atoms. The molecule has 0 bridgehead atoms. The average Bonchev–Trinajstić information content (AvgIpc) is 2.66. The van der Waals surface area contributed by atoms with E-state index in [9.17, 15) is 18.8 Å². The van der Waals surface area contributed by atoms with Crippen LogP contribution < -0.4 is 10.9 Å². The van der Waals surface area contributed by atoms with Gasteiger partial charge in [0.05, 0.1) is 17.8 Å². The number of benzene rings is 1. The van der Waals surface area contributed by atoms with Crippen molar-refractivity contribution in [3.05, 3.63) is 62.2 Å². The lowest BCUT2D eigenvalue weighted by molar-refractivity contribution is -0.136. The Hall–Kier alpha value is -2.45. The summed E-state index contributed by atoms with van der Waals surface area (Å²) in [7, 11) is 0. The number of rotatable bonds is 7. The number of aromatic nitrogens is 2. The third kappa shape index (κ3) is 5.77. The molecule has 1 aromatic carbocycles. The van der Waals surface area contributed by atoms with Crippen LogP contribution in [0.4, 0.5) is 4.39 Å².